The molecule has 1 aromatic heterocycles. The number of hydrogen-bond donors (Lipinski definition) is 1. The van der Waals surface area contributed by atoms with Gasteiger partial charge in [-0.3, -0.25) is 4.79 Å². The Bertz CT molecular complexity index is 560. The van der Waals surface area contributed by atoms with Crippen molar-refractivity contribution in [2.24, 2.45) is 0 Å². The van der Waals surface area contributed by atoms with Crippen molar-refractivity contribution in [2.75, 3.05) is 6.61 Å². The maximum Gasteiger partial charge on any atom is 0.321 e. The molecule has 0 amide bonds. The molecular formula is C14H17NO2S. The third kappa shape index (κ3) is 2.70. The second-order valence-corrected chi connectivity index (χ2v) is 6.26. The van der Waals surface area contributed by atoms with E-state index in [2.05, 4.69) is 11.1 Å². The predicted octanol–water partition coefficient (Wildman–Crippen LogP) is 3.60. The molecule has 0 unspecified atom stereocenters. The maximum atomic E-state index is 11.8. The van der Waals surface area contributed by atoms with Crippen LogP contribution in [-0.4, -0.2) is 22.3 Å². The fraction of sp³-hybridized carbons (Fsp3) is 0.357. The van der Waals surface area contributed by atoms with E-state index in [9.17, 15) is 4.79 Å². The highest BCUT2D eigenvalue weighted by atomic mass is 32.2. The Morgan fingerprint density at radius 1 is 1.39 bits per heavy atom. The van der Waals surface area contributed by atoms with Crippen LogP contribution in [0.15, 0.2) is 35.4 Å². The minimum Gasteiger partial charge on any atom is -0.465 e. The molecule has 1 N–H and O–H groups in total. The van der Waals surface area contributed by atoms with Gasteiger partial charge in [0.2, 0.25) is 0 Å². The Morgan fingerprint density at radius 2 is 2.17 bits per heavy atom. The second kappa shape index (κ2) is 5.06. The van der Waals surface area contributed by atoms with Crippen molar-refractivity contribution in [1.29, 1.82) is 0 Å². The Morgan fingerprint density at radius 3 is 2.89 bits per heavy atom. The van der Waals surface area contributed by atoms with E-state index in [-0.39, 0.29) is 5.97 Å². The number of fused-ring (bicyclic) bond motifs is 1. The average molecular weight is 263 g/mol. The lowest BCUT2D eigenvalue weighted by Crippen LogP contribution is -2.29. The van der Waals surface area contributed by atoms with Gasteiger partial charge in [-0.05, 0) is 45.0 Å². The standard InChI is InChI=1S/C14H17NO2S/c1-4-17-13(16)14(2,3)18-11-5-6-12-10(9-11)7-8-15-12/h5-9,15H,4H2,1-3H3. The fourth-order valence-corrected chi connectivity index (χ4v) is 2.79. The van der Waals surface area contributed by atoms with Crippen LogP contribution in [0.2, 0.25) is 0 Å². The monoisotopic (exact) mass is 263 g/mol. The first kappa shape index (κ1) is 13.0. The van der Waals surface area contributed by atoms with Crippen LogP contribution < -0.4 is 0 Å². The molecule has 0 atom stereocenters. The summed E-state index contributed by atoms with van der Waals surface area (Å²) in [5.41, 5.74) is 1.10. The molecule has 0 aliphatic rings. The highest BCUT2D eigenvalue weighted by Gasteiger charge is 2.30. The molecule has 0 spiro atoms. The van der Waals surface area contributed by atoms with E-state index < -0.39 is 4.75 Å². The summed E-state index contributed by atoms with van der Waals surface area (Å²) in [4.78, 5) is 16.1. The lowest BCUT2D eigenvalue weighted by molar-refractivity contribution is -0.145. The molecule has 2 aromatic rings. The van der Waals surface area contributed by atoms with Crippen molar-refractivity contribution in [3.8, 4) is 0 Å². The summed E-state index contributed by atoms with van der Waals surface area (Å²) in [6.45, 7) is 6.01. The van der Waals surface area contributed by atoms with Gasteiger partial charge in [0, 0.05) is 22.0 Å². The zero-order chi connectivity index (χ0) is 13.2. The highest BCUT2D eigenvalue weighted by Crippen LogP contribution is 2.34. The van der Waals surface area contributed by atoms with E-state index in [1.54, 1.807) is 0 Å². The van der Waals surface area contributed by atoms with Crippen molar-refractivity contribution in [2.45, 2.75) is 30.4 Å². The molecule has 0 aliphatic carbocycles. The number of aromatic nitrogens is 1. The smallest absolute Gasteiger partial charge is 0.321 e. The molecule has 0 saturated carbocycles. The Balaban J connectivity index is 2.19. The van der Waals surface area contributed by atoms with Crippen molar-refractivity contribution < 1.29 is 9.53 Å². The average Bonchev–Trinajstić information content (AvgIpc) is 2.76. The minimum absolute atomic E-state index is 0.177. The lowest BCUT2D eigenvalue weighted by atomic mass is 10.2. The topological polar surface area (TPSA) is 42.1 Å². The lowest BCUT2D eigenvalue weighted by Gasteiger charge is -2.21. The number of H-pyrrole nitrogens is 1. The Hall–Kier alpha value is -1.42. The van der Waals surface area contributed by atoms with Crippen molar-refractivity contribution in [3.63, 3.8) is 0 Å². The van der Waals surface area contributed by atoms with E-state index in [4.69, 9.17) is 4.74 Å². The molecule has 0 fully saturated rings. The number of benzene rings is 1. The largest absolute Gasteiger partial charge is 0.465 e. The van der Waals surface area contributed by atoms with Gasteiger partial charge in [0.15, 0.2) is 0 Å². The molecule has 0 saturated heterocycles. The summed E-state index contributed by atoms with van der Waals surface area (Å²) >= 11 is 1.52. The van der Waals surface area contributed by atoms with Crippen LogP contribution in [-0.2, 0) is 9.53 Å². The fourth-order valence-electron chi connectivity index (χ4n) is 1.74. The third-order valence-electron chi connectivity index (χ3n) is 2.66. The van der Waals surface area contributed by atoms with E-state index in [0.29, 0.717) is 6.61 Å². The summed E-state index contributed by atoms with van der Waals surface area (Å²) in [6, 6.07) is 8.15. The molecule has 0 radical (unpaired) electrons. The number of aromatic amines is 1. The summed E-state index contributed by atoms with van der Waals surface area (Å²) in [5.74, 6) is -0.177. The Kier molecular flexibility index (Phi) is 3.66. The molecule has 0 bridgehead atoms. The minimum atomic E-state index is -0.569. The third-order valence-corrected chi connectivity index (χ3v) is 3.83. The quantitative estimate of drug-likeness (QED) is 0.677. The number of esters is 1. The number of rotatable bonds is 4. The maximum absolute atomic E-state index is 11.8. The van der Waals surface area contributed by atoms with E-state index in [1.165, 1.54) is 11.8 Å². The summed E-state index contributed by atoms with van der Waals surface area (Å²) in [6.07, 6.45) is 1.91. The summed E-state index contributed by atoms with van der Waals surface area (Å²) in [7, 11) is 0. The molecule has 2 rings (SSSR count). The van der Waals surface area contributed by atoms with Gasteiger partial charge in [-0.25, -0.2) is 0 Å². The van der Waals surface area contributed by atoms with Gasteiger partial charge in [-0.2, -0.15) is 0 Å². The van der Waals surface area contributed by atoms with E-state index in [1.807, 2.05) is 45.2 Å². The molecule has 1 aromatic carbocycles. The number of thioether (sulfide) groups is 1. The molecule has 96 valence electrons. The van der Waals surface area contributed by atoms with E-state index in [0.717, 1.165) is 15.8 Å². The molecular weight excluding hydrogens is 246 g/mol. The summed E-state index contributed by atoms with van der Waals surface area (Å²) in [5, 5.41) is 1.15. The number of carbonyl (C=O) groups is 1. The normalized spacial score (nSPS) is 11.7. The van der Waals surface area contributed by atoms with Gasteiger partial charge in [0.25, 0.3) is 0 Å². The first-order valence-electron chi connectivity index (χ1n) is 5.96. The van der Waals surface area contributed by atoms with Crippen LogP contribution in [0.5, 0.6) is 0 Å². The zero-order valence-corrected chi connectivity index (χ0v) is 11.6. The highest BCUT2D eigenvalue weighted by molar-refractivity contribution is 8.01. The van der Waals surface area contributed by atoms with Crippen LogP contribution in [0.25, 0.3) is 10.9 Å². The van der Waals surface area contributed by atoms with Crippen LogP contribution in [0.3, 0.4) is 0 Å². The van der Waals surface area contributed by atoms with Gasteiger partial charge in [-0.15, -0.1) is 11.8 Å². The summed E-state index contributed by atoms with van der Waals surface area (Å²) < 4.78 is 4.52. The molecule has 0 aliphatic heterocycles. The second-order valence-electron chi connectivity index (χ2n) is 4.56. The SMILES string of the molecule is CCOC(=O)C(C)(C)Sc1ccc2[nH]ccc2c1. The number of carbonyl (C=O) groups excluding carboxylic acids is 1. The molecule has 18 heavy (non-hydrogen) atoms. The first-order chi connectivity index (χ1) is 8.53. The van der Waals surface area contributed by atoms with Crippen molar-refractivity contribution >= 4 is 28.6 Å². The molecule has 3 nitrogen and oxygen atoms in total. The van der Waals surface area contributed by atoms with Gasteiger partial charge >= 0.3 is 5.97 Å². The van der Waals surface area contributed by atoms with Crippen LogP contribution >= 0.6 is 11.8 Å². The van der Waals surface area contributed by atoms with E-state index >= 15 is 0 Å². The molecule has 1 heterocycles. The zero-order valence-electron chi connectivity index (χ0n) is 10.8. The predicted molar refractivity (Wildman–Crippen MR) is 74.9 cm³/mol. The number of hydrogen-bond acceptors (Lipinski definition) is 3. The number of nitrogens with one attached hydrogen (secondary N) is 1. The Labute approximate surface area is 111 Å². The van der Waals surface area contributed by atoms with Crippen LogP contribution in [0.1, 0.15) is 20.8 Å². The van der Waals surface area contributed by atoms with Gasteiger partial charge in [0.1, 0.15) is 4.75 Å². The van der Waals surface area contributed by atoms with Gasteiger partial charge in [0.05, 0.1) is 6.61 Å². The van der Waals surface area contributed by atoms with Crippen molar-refractivity contribution in [1.82, 2.24) is 4.98 Å². The molecule has 4 heteroatoms. The van der Waals surface area contributed by atoms with Crippen LogP contribution in [0.4, 0.5) is 0 Å². The number of ether oxygens (including phenoxy) is 1. The van der Waals surface area contributed by atoms with Gasteiger partial charge in [-0.1, -0.05) is 0 Å². The van der Waals surface area contributed by atoms with Crippen LogP contribution in [0, 0.1) is 0 Å². The van der Waals surface area contributed by atoms with Crippen molar-refractivity contribution in [3.05, 3.63) is 30.5 Å². The van der Waals surface area contributed by atoms with Gasteiger partial charge < -0.3 is 9.72 Å². The first-order valence-corrected chi connectivity index (χ1v) is 6.78.